The number of benzene rings is 6. The number of hydrogen-bond acceptors (Lipinski definition) is 0. The quantitative estimate of drug-likeness (QED) is 0.193. The second kappa shape index (κ2) is 11.7. The van der Waals surface area contributed by atoms with Gasteiger partial charge in [0.15, 0.2) is 7.28 Å². The van der Waals surface area contributed by atoms with Crippen LogP contribution in [0.25, 0.3) is 44.5 Å². The van der Waals surface area contributed by atoms with Crippen molar-refractivity contribution in [3.8, 4) is 44.5 Å². The highest BCUT2D eigenvalue weighted by molar-refractivity contribution is 6.84. The minimum Gasteiger partial charge on any atom is -0.0849 e. The van der Waals surface area contributed by atoms with Crippen LogP contribution in [0.2, 0.25) is 13.6 Å². The normalized spacial score (nSPS) is 10.8. The molecule has 0 unspecified atom stereocenters. The first-order valence-electron chi connectivity index (χ1n) is 14.2. The third kappa shape index (κ3) is 5.58. The second-order valence-corrected chi connectivity index (χ2v) is 10.5. The third-order valence-corrected chi connectivity index (χ3v) is 8.06. The lowest BCUT2D eigenvalue weighted by molar-refractivity contribution is 1.59. The molecule has 0 radical (unpaired) electrons. The van der Waals surface area contributed by atoms with Crippen LogP contribution in [0.1, 0.15) is 0 Å². The second-order valence-electron chi connectivity index (χ2n) is 10.5. The van der Waals surface area contributed by atoms with Crippen molar-refractivity contribution < 1.29 is 0 Å². The van der Waals surface area contributed by atoms with Crippen molar-refractivity contribution in [2.45, 2.75) is 13.6 Å². The zero-order chi connectivity index (χ0) is 27.3. The fraction of sp³-hybridized carbons (Fsp3) is 0.0526. The van der Waals surface area contributed by atoms with Crippen molar-refractivity contribution >= 4 is 30.4 Å². The molecular formula is C38H32B2. The molecule has 0 N–H and O–H groups in total. The van der Waals surface area contributed by atoms with Crippen molar-refractivity contribution in [1.82, 2.24) is 0 Å². The van der Waals surface area contributed by atoms with Gasteiger partial charge in [0.1, 0.15) is 0 Å². The van der Waals surface area contributed by atoms with E-state index in [2.05, 4.69) is 165 Å². The van der Waals surface area contributed by atoms with Crippen LogP contribution < -0.4 is 16.4 Å². The van der Waals surface area contributed by atoms with Gasteiger partial charge in [-0.15, -0.1) is 0 Å². The maximum Gasteiger partial charge on any atom is 0.206 e. The fourth-order valence-electron chi connectivity index (χ4n) is 5.39. The lowest BCUT2D eigenvalue weighted by atomic mass is 9.42. The van der Waals surface area contributed by atoms with Gasteiger partial charge in [0.2, 0.25) is 6.71 Å². The summed E-state index contributed by atoms with van der Waals surface area (Å²) in [5, 5.41) is 0. The molecule has 0 amide bonds. The minimum absolute atomic E-state index is 0.331. The molecule has 2 heteroatoms. The Morgan fingerprint density at radius 2 is 0.625 bits per heavy atom. The lowest BCUT2D eigenvalue weighted by Crippen LogP contribution is -2.38. The summed E-state index contributed by atoms with van der Waals surface area (Å²) in [6.07, 6.45) is 0. The van der Waals surface area contributed by atoms with Crippen molar-refractivity contribution in [3.05, 3.63) is 152 Å². The first-order valence-corrected chi connectivity index (χ1v) is 14.2. The molecule has 0 fully saturated rings. The van der Waals surface area contributed by atoms with Gasteiger partial charge >= 0.3 is 0 Å². The highest BCUT2D eigenvalue weighted by Crippen LogP contribution is 2.26. The van der Waals surface area contributed by atoms with Gasteiger partial charge in [-0.25, -0.2) is 0 Å². The Morgan fingerprint density at radius 3 is 0.950 bits per heavy atom. The van der Waals surface area contributed by atoms with E-state index in [0.717, 1.165) is 7.28 Å². The first-order chi connectivity index (χ1) is 19.7. The predicted octanol–water partition coefficient (Wildman–Crippen LogP) is 7.70. The van der Waals surface area contributed by atoms with Crippen LogP contribution in [0.3, 0.4) is 0 Å². The summed E-state index contributed by atoms with van der Waals surface area (Å²) < 4.78 is 0. The summed E-state index contributed by atoms with van der Waals surface area (Å²) in [7, 11) is 1.07. The molecule has 0 nitrogen and oxygen atoms in total. The van der Waals surface area contributed by atoms with E-state index in [1.54, 1.807) is 0 Å². The smallest absolute Gasteiger partial charge is 0.0849 e. The van der Waals surface area contributed by atoms with Crippen LogP contribution in [-0.4, -0.2) is 14.0 Å². The monoisotopic (exact) mass is 510 g/mol. The largest absolute Gasteiger partial charge is 0.206 e. The van der Waals surface area contributed by atoms with Crippen LogP contribution >= 0.6 is 0 Å². The fourth-order valence-corrected chi connectivity index (χ4v) is 5.39. The van der Waals surface area contributed by atoms with E-state index >= 15 is 0 Å². The van der Waals surface area contributed by atoms with E-state index in [1.165, 1.54) is 60.9 Å². The highest BCUT2D eigenvalue weighted by Gasteiger charge is 2.13. The van der Waals surface area contributed by atoms with Crippen molar-refractivity contribution in [2.75, 3.05) is 0 Å². The van der Waals surface area contributed by atoms with Gasteiger partial charge in [-0.1, -0.05) is 182 Å². The van der Waals surface area contributed by atoms with Crippen LogP contribution in [0, 0.1) is 0 Å². The Kier molecular flexibility index (Phi) is 7.51. The van der Waals surface area contributed by atoms with Gasteiger partial charge in [-0.05, 0) is 44.5 Å². The zero-order valence-electron chi connectivity index (χ0n) is 23.2. The average Bonchev–Trinajstić information content (AvgIpc) is 3.05. The van der Waals surface area contributed by atoms with Crippen LogP contribution in [0.4, 0.5) is 0 Å². The van der Waals surface area contributed by atoms with Gasteiger partial charge in [0, 0.05) is 0 Å². The summed E-state index contributed by atoms with van der Waals surface area (Å²) in [6, 6.07) is 55.2. The van der Waals surface area contributed by atoms with E-state index in [4.69, 9.17) is 0 Å². The molecule has 0 aliphatic heterocycles. The van der Waals surface area contributed by atoms with Crippen molar-refractivity contribution in [1.29, 1.82) is 0 Å². The molecule has 6 rings (SSSR count). The number of rotatable bonds is 7. The predicted molar refractivity (Wildman–Crippen MR) is 178 cm³/mol. The minimum atomic E-state index is 0.331. The summed E-state index contributed by atoms with van der Waals surface area (Å²) in [5.41, 5.74) is 14.0. The van der Waals surface area contributed by atoms with Crippen molar-refractivity contribution in [2.24, 2.45) is 0 Å². The van der Waals surface area contributed by atoms with E-state index in [1.807, 2.05) is 0 Å². The van der Waals surface area contributed by atoms with E-state index in [9.17, 15) is 0 Å². The molecule has 0 bridgehead atoms. The molecule has 0 heterocycles. The standard InChI is InChI=1S/C38H32B2/c1-39-36-22-16-33(17-23-36)30-12-14-32(15-13-30)35-20-26-38(27-21-35)40(2)37-24-18-34(19-25-37)31-10-8-29(9-11-31)28-6-4-3-5-7-28/h3-27,39H,1-2H3. The van der Waals surface area contributed by atoms with Gasteiger partial charge in [-0.2, -0.15) is 0 Å². The highest BCUT2D eigenvalue weighted by atomic mass is 14.1. The molecule has 0 aliphatic carbocycles. The zero-order valence-corrected chi connectivity index (χ0v) is 23.2. The molecule has 0 saturated heterocycles. The molecular weight excluding hydrogens is 478 g/mol. The van der Waals surface area contributed by atoms with E-state index < -0.39 is 0 Å². The van der Waals surface area contributed by atoms with Gasteiger partial charge in [-0.3, -0.25) is 0 Å². The van der Waals surface area contributed by atoms with Gasteiger partial charge in [0.05, 0.1) is 0 Å². The Morgan fingerprint density at radius 1 is 0.350 bits per heavy atom. The van der Waals surface area contributed by atoms with E-state index in [0.29, 0.717) is 6.71 Å². The molecule has 40 heavy (non-hydrogen) atoms. The summed E-state index contributed by atoms with van der Waals surface area (Å²) in [6.45, 7) is 4.81. The Balaban J connectivity index is 1.13. The van der Waals surface area contributed by atoms with Crippen LogP contribution in [-0.2, 0) is 0 Å². The first kappa shape index (κ1) is 25.7. The molecule has 0 saturated carbocycles. The molecule has 0 aromatic heterocycles. The van der Waals surface area contributed by atoms with Crippen molar-refractivity contribution in [3.63, 3.8) is 0 Å². The topological polar surface area (TPSA) is 0 Å². The van der Waals surface area contributed by atoms with Crippen LogP contribution in [0.5, 0.6) is 0 Å². The maximum atomic E-state index is 2.29. The van der Waals surface area contributed by atoms with Crippen LogP contribution in [0.15, 0.2) is 152 Å². The molecule has 190 valence electrons. The molecule has 0 atom stereocenters. The SMILES string of the molecule is CBc1ccc(-c2ccc(-c3ccc(B(C)c4ccc(-c5ccc(-c6ccccc6)cc5)cc4)cc3)cc2)cc1. The van der Waals surface area contributed by atoms with E-state index in [-0.39, 0.29) is 0 Å². The molecule has 0 spiro atoms. The summed E-state index contributed by atoms with van der Waals surface area (Å²) in [4.78, 5) is 0. The Hall–Kier alpha value is -4.55. The molecule has 6 aromatic rings. The molecule has 6 aromatic carbocycles. The Bertz CT molecular complexity index is 1670. The average molecular weight is 510 g/mol. The maximum absolute atomic E-state index is 2.29. The van der Waals surface area contributed by atoms with Gasteiger partial charge < -0.3 is 0 Å². The third-order valence-electron chi connectivity index (χ3n) is 8.06. The lowest BCUT2D eigenvalue weighted by Gasteiger charge is -2.12. The summed E-state index contributed by atoms with van der Waals surface area (Å²) in [5.74, 6) is 0. The Labute approximate surface area is 239 Å². The van der Waals surface area contributed by atoms with Gasteiger partial charge in [0.25, 0.3) is 0 Å². The number of hydrogen-bond donors (Lipinski definition) is 0. The molecule has 0 aliphatic rings. The summed E-state index contributed by atoms with van der Waals surface area (Å²) >= 11 is 0.